The van der Waals surface area contributed by atoms with Crippen molar-refractivity contribution in [2.24, 2.45) is 0 Å². The molecule has 14 heavy (non-hydrogen) atoms. The quantitative estimate of drug-likeness (QED) is 0.726. The number of hydrogen-bond acceptors (Lipinski definition) is 3. The molecule has 74 valence electrons. The molecule has 2 aromatic rings. The van der Waals surface area contributed by atoms with E-state index in [2.05, 4.69) is 15.0 Å². The van der Waals surface area contributed by atoms with Gasteiger partial charge in [0, 0.05) is 6.04 Å². The Bertz CT molecular complexity index is 528. The maximum absolute atomic E-state index is 11.5. The summed E-state index contributed by atoms with van der Waals surface area (Å²) in [5.74, 6) is 0. The van der Waals surface area contributed by atoms with Crippen molar-refractivity contribution < 1.29 is 0 Å². The minimum absolute atomic E-state index is 0.0437. The van der Waals surface area contributed by atoms with E-state index < -0.39 is 0 Å². The van der Waals surface area contributed by atoms with Crippen molar-refractivity contribution in [3.05, 3.63) is 22.0 Å². The van der Waals surface area contributed by atoms with Gasteiger partial charge in [0.15, 0.2) is 5.65 Å². The summed E-state index contributed by atoms with van der Waals surface area (Å²) in [6, 6.07) is 0.0437. The summed E-state index contributed by atoms with van der Waals surface area (Å²) in [5.41, 5.74) is 0.963. The Morgan fingerprint density at radius 2 is 2.29 bits per heavy atom. The summed E-state index contributed by atoms with van der Waals surface area (Å²) < 4.78 is 1.54. The van der Waals surface area contributed by atoms with Gasteiger partial charge < -0.3 is 4.98 Å². The molecule has 0 atom stereocenters. The van der Waals surface area contributed by atoms with Gasteiger partial charge in [-0.05, 0) is 25.4 Å². The molecule has 0 spiro atoms. The van der Waals surface area contributed by atoms with Gasteiger partial charge >= 0.3 is 5.69 Å². The van der Waals surface area contributed by atoms with Crippen molar-refractivity contribution in [3.63, 3.8) is 0 Å². The first-order valence-electron chi connectivity index (χ1n) is 4.22. The zero-order valence-corrected chi connectivity index (χ0v) is 8.54. The smallest absolute Gasteiger partial charge is 0.303 e. The first-order valence-corrected chi connectivity index (χ1v) is 4.60. The fourth-order valence-corrected chi connectivity index (χ4v) is 1.50. The Morgan fingerprint density at radius 3 is 2.93 bits per heavy atom. The fraction of sp³-hybridized carbons (Fsp3) is 0.375. The van der Waals surface area contributed by atoms with Gasteiger partial charge in [0.1, 0.15) is 5.52 Å². The number of imidazole rings is 1. The van der Waals surface area contributed by atoms with Crippen molar-refractivity contribution in [1.29, 1.82) is 0 Å². The molecule has 0 saturated heterocycles. The van der Waals surface area contributed by atoms with Crippen LogP contribution in [0.1, 0.15) is 19.9 Å². The molecule has 0 fully saturated rings. The van der Waals surface area contributed by atoms with E-state index in [9.17, 15) is 4.79 Å². The number of aromatic nitrogens is 4. The molecule has 5 nitrogen and oxygen atoms in total. The fourth-order valence-electron chi connectivity index (χ4n) is 1.37. The third-order valence-electron chi connectivity index (χ3n) is 1.94. The van der Waals surface area contributed by atoms with Gasteiger partial charge in [0.25, 0.3) is 0 Å². The number of fused-ring (bicyclic) bond motifs is 1. The van der Waals surface area contributed by atoms with Crippen molar-refractivity contribution in [2.45, 2.75) is 19.9 Å². The van der Waals surface area contributed by atoms with E-state index in [0.717, 1.165) is 0 Å². The summed E-state index contributed by atoms with van der Waals surface area (Å²) >= 11 is 5.65. The highest BCUT2D eigenvalue weighted by molar-refractivity contribution is 6.28. The van der Waals surface area contributed by atoms with E-state index in [-0.39, 0.29) is 17.0 Å². The van der Waals surface area contributed by atoms with Crippen molar-refractivity contribution in [2.75, 3.05) is 0 Å². The second-order valence-corrected chi connectivity index (χ2v) is 3.61. The molecule has 2 rings (SSSR count). The predicted molar refractivity (Wildman–Crippen MR) is 53.5 cm³/mol. The first kappa shape index (κ1) is 9.21. The normalized spacial score (nSPS) is 11.4. The van der Waals surface area contributed by atoms with E-state index in [1.165, 1.54) is 6.20 Å². The number of hydrogen-bond donors (Lipinski definition) is 1. The third kappa shape index (κ3) is 1.29. The number of aromatic amines is 1. The van der Waals surface area contributed by atoms with Crippen LogP contribution in [0.15, 0.2) is 11.0 Å². The average molecular weight is 213 g/mol. The SMILES string of the molecule is CC(C)n1c(=O)[nH]c2cnc(Cl)nc21. The van der Waals surface area contributed by atoms with Crippen LogP contribution in [0.3, 0.4) is 0 Å². The molecule has 0 aromatic carbocycles. The van der Waals surface area contributed by atoms with Crippen molar-refractivity contribution in [1.82, 2.24) is 19.5 Å². The maximum Gasteiger partial charge on any atom is 0.327 e. The Balaban J connectivity index is 2.86. The van der Waals surface area contributed by atoms with Crippen LogP contribution in [0.4, 0.5) is 0 Å². The Labute approximate surface area is 84.8 Å². The standard InChI is InChI=1S/C8H9ClN4O/c1-4(2)13-6-5(11-8(13)14)3-10-7(9)12-6/h3-4H,1-2H3,(H,11,14). The molecule has 0 amide bonds. The molecule has 0 aliphatic rings. The lowest BCUT2D eigenvalue weighted by Crippen LogP contribution is -2.18. The van der Waals surface area contributed by atoms with E-state index in [0.29, 0.717) is 11.2 Å². The lowest BCUT2D eigenvalue weighted by molar-refractivity contribution is 0.593. The van der Waals surface area contributed by atoms with Crippen molar-refractivity contribution in [3.8, 4) is 0 Å². The molecule has 0 aliphatic carbocycles. The van der Waals surface area contributed by atoms with Gasteiger partial charge in [-0.2, -0.15) is 4.98 Å². The Hall–Kier alpha value is -1.36. The predicted octanol–water partition coefficient (Wildman–Crippen LogP) is 1.35. The second-order valence-electron chi connectivity index (χ2n) is 3.27. The van der Waals surface area contributed by atoms with Gasteiger partial charge in [0.2, 0.25) is 5.28 Å². The molecule has 0 unspecified atom stereocenters. The lowest BCUT2D eigenvalue weighted by Gasteiger charge is -2.04. The number of nitrogens with zero attached hydrogens (tertiary/aromatic N) is 3. The van der Waals surface area contributed by atoms with E-state index in [1.807, 2.05) is 13.8 Å². The van der Waals surface area contributed by atoms with Gasteiger partial charge in [-0.1, -0.05) is 0 Å². The number of halogens is 1. The highest BCUT2D eigenvalue weighted by Crippen LogP contribution is 2.12. The number of nitrogens with one attached hydrogen (secondary N) is 1. The van der Waals surface area contributed by atoms with E-state index in [4.69, 9.17) is 11.6 Å². The molecule has 2 aromatic heterocycles. The Morgan fingerprint density at radius 1 is 1.57 bits per heavy atom. The van der Waals surface area contributed by atoms with E-state index in [1.54, 1.807) is 4.57 Å². The highest BCUT2D eigenvalue weighted by Gasteiger charge is 2.11. The van der Waals surface area contributed by atoms with Crippen LogP contribution in [-0.2, 0) is 0 Å². The van der Waals surface area contributed by atoms with Gasteiger partial charge in [-0.25, -0.2) is 9.78 Å². The topological polar surface area (TPSA) is 63.6 Å². The molecule has 1 N–H and O–H groups in total. The summed E-state index contributed by atoms with van der Waals surface area (Å²) in [5, 5.41) is 0.144. The summed E-state index contributed by atoms with van der Waals surface area (Å²) in [6.45, 7) is 3.81. The number of rotatable bonds is 1. The van der Waals surface area contributed by atoms with Gasteiger partial charge in [0.05, 0.1) is 6.20 Å². The Kier molecular flexibility index (Phi) is 2.03. The molecular weight excluding hydrogens is 204 g/mol. The molecule has 0 bridgehead atoms. The van der Waals surface area contributed by atoms with Crippen molar-refractivity contribution >= 4 is 22.8 Å². The largest absolute Gasteiger partial charge is 0.327 e. The maximum atomic E-state index is 11.5. The minimum atomic E-state index is -0.188. The molecule has 0 saturated carbocycles. The van der Waals surface area contributed by atoms with Crippen LogP contribution in [0.2, 0.25) is 5.28 Å². The third-order valence-corrected chi connectivity index (χ3v) is 2.13. The highest BCUT2D eigenvalue weighted by atomic mass is 35.5. The molecule has 2 heterocycles. The summed E-state index contributed by atoms with van der Waals surface area (Å²) in [4.78, 5) is 21.9. The molecule has 0 aliphatic heterocycles. The molecule has 0 radical (unpaired) electrons. The van der Waals surface area contributed by atoms with Crippen LogP contribution >= 0.6 is 11.6 Å². The molecule has 6 heteroatoms. The van der Waals surface area contributed by atoms with Crippen LogP contribution < -0.4 is 5.69 Å². The van der Waals surface area contributed by atoms with Gasteiger partial charge in [-0.15, -0.1) is 0 Å². The van der Waals surface area contributed by atoms with Crippen LogP contribution in [0, 0.1) is 0 Å². The average Bonchev–Trinajstić information content (AvgIpc) is 2.40. The molecular formula is C8H9ClN4O. The van der Waals surface area contributed by atoms with Crippen LogP contribution in [0.5, 0.6) is 0 Å². The minimum Gasteiger partial charge on any atom is -0.303 e. The van der Waals surface area contributed by atoms with E-state index >= 15 is 0 Å². The first-order chi connectivity index (χ1) is 6.59. The summed E-state index contributed by atoms with van der Waals surface area (Å²) in [7, 11) is 0. The second kappa shape index (κ2) is 3.09. The zero-order valence-electron chi connectivity index (χ0n) is 7.78. The summed E-state index contributed by atoms with van der Waals surface area (Å²) in [6.07, 6.45) is 1.50. The van der Waals surface area contributed by atoms with Crippen LogP contribution in [0.25, 0.3) is 11.2 Å². The monoisotopic (exact) mass is 212 g/mol. The van der Waals surface area contributed by atoms with Gasteiger partial charge in [-0.3, -0.25) is 4.57 Å². The number of H-pyrrole nitrogens is 1. The zero-order chi connectivity index (χ0) is 10.3. The van der Waals surface area contributed by atoms with Crippen LogP contribution in [-0.4, -0.2) is 19.5 Å². The lowest BCUT2D eigenvalue weighted by atomic mass is 10.4.